The van der Waals surface area contributed by atoms with Gasteiger partial charge < -0.3 is 20.4 Å². The summed E-state index contributed by atoms with van der Waals surface area (Å²) in [6.45, 7) is 7.56. The van der Waals surface area contributed by atoms with Crippen LogP contribution in [-0.2, 0) is 6.54 Å². The first-order valence-corrected chi connectivity index (χ1v) is 10.0. The van der Waals surface area contributed by atoms with E-state index in [0.29, 0.717) is 12.1 Å². The van der Waals surface area contributed by atoms with Gasteiger partial charge in [0.15, 0.2) is 5.96 Å². The van der Waals surface area contributed by atoms with Crippen molar-refractivity contribution in [3.05, 3.63) is 65.2 Å². The largest absolute Gasteiger partial charge is 0.370 e. The van der Waals surface area contributed by atoms with Crippen molar-refractivity contribution in [3.63, 3.8) is 0 Å². The van der Waals surface area contributed by atoms with E-state index in [1.807, 2.05) is 24.3 Å². The number of carbonyl (C=O) groups excluding carboxylic acids is 1. The molecule has 0 aliphatic rings. The van der Waals surface area contributed by atoms with E-state index >= 15 is 0 Å². The SMILES string of the molecule is CCN(CCNC(=NC)NCc1ccc(C(=O)N(C)C)cc1)c1cccc(C)c1.I. The Morgan fingerprint density at radius 3 is 2.33 bits per heavy atom. The number of likely N-dealkylation sites (N-methyl/N-ethyl adjacent to an activating group) is 1. The molecule has 0 atom stereocenters. The number of carbonyl (C=O) groups is 1. The van der Waals surface area contributed by atoms with Gasteiger partial charge in [0.2, 0.25) is 0 Å². The summed E-state index contributed by atoms with van der Waals surface area (Å²) in [7, 11) is 5.28. The van der Waals surface area contributed by atoms with Crippen molar-refractivity contribution >= 4 is 41.5 Å². The smallest absolute Gasteiger partial charge is 0.253 e. The molecule has 0 unspecified atom stereocenters. The molecule has 2 N–H and O–H groups in total. The third kappa shape index (κ3) is 7.85. The van der Waals surface area contributed by atoms with Gasteiger partial charge in [0.1, 0.15) is 0 Å². The number of halogens is 1. The van der Waals surface area contributed by atoms with Gasteiger partial charge in [-0.1, -0.05) is 24.3 Å². The number of rotatable bonds is 8. The number of hydrogen-bond acceptors (Lipinski definition) is 3. The van der Waals surface area contributed by atoms with E-state index in [-0.39, 0.29) is 29.9 Å². The van der Waals surface area contributed by atoms with E-state index in [2.05, 4.69) is 58.6 Å². The molecule has 2 rings (SSSR count). The van der Waals surface area contributed by atoms with Gasteiger partial charge in [-0.3, -0.25) is 9.79 Å². The van der Waals surface area contributed by atoms with E-state index in [1.165, 1.54) is 11.3 Å². The van der Waals surface area contributed by atoms with E-state index in [4.69, 9.17) is 0 Å². The second kappa shape index (κ2) is 13.1. The molecule has 0 radical (unpaired) electrons. The zero-order valence-electron chi connectivity index (χ0n) is 18.6. The second-order valence-corrected chi connectivity index (χ2v) is 7.17. The normalized spacial score (nSPS) is 10.8. The van der Waals surface area contributed by atoms with E-state index in [1.54, 1.807) is 26.0 Å². The first kappa shape index (κ1) is 25.7. The maximum Gasteiger partial charge on any atom is 0.253 e. The van der Waals surface area contributed by atoms with Gasteiger partial charge in [0.05, 0.1) is 0 Å². The van der Waals surface area contributed by atoms with Crippen LogP contribution in [0, 0.1) is 6.92 Å². The molecule has 0 bridgehead atoms. The Labute approximate surface area is 197 Å². The minimum absolute atomic E-state index is 0. The van der Waals surface area contributed by atoms with Crippen molar-refractivity contribution in [2.24, 2.45) is 4.99 Å². The number of nitrogens with one attached hydrogen (secondary N) is 2. The van der Waals surface area contributed by atoms with Gasteiger partial charge in [0.25, 0.3) is 5.91 Å². The number of hydrogen-bond donors (Lipinski definition) is 2. The van der Waals surface area contributed by atoms with Crippen molar-refractivity contribution in [2.45, 2.75) is 20.4 Å². The maximum atomic E-state index is 12.0. The summed E-state index contributed by atoms with van der Waals surface area (Å²) >= 11 is 0. The molecule has 2 aromatic carbocycles. The molecule has 0 aromatic heterocycles. The highest BCUT2D eigenvalue weighted by atomic mass is 127. The molecular formula is C23H34IN5O. The zero-order chi connectivity index (χ0) is 21.2. The van der Waals surface area contributed by atoms with Crippen molar-refractivity contribution in [2.75, 3.05) is 45.7 Å². The van der Waals surface area contributed by atoms with Crippen LogP contribution in [0.25, 0.3) is 0 Å². The molecule has 0 spiro atoms. The third-order valence-corrected chi connectivity index (χ3v) is 4.71. The van der Waals surface area contributed by atoms with Crippen molar-refractivity contribution in [3.8, 4) is 0 Å². The van der Waals surface area contributed by atoms with Crippen molar-refractivity contribution < 1.29 is 4.79 Å². The summed E-state index contributed by atoms with van der Waals surface area (Å²) in [6, 6.07) is 16.2. The minimum atomic E-state index is 0. The van der Waals surface area contributed by atoms with Crippen LogP contribution in [0.1, 0.15) is 28.4 Å². The second-order valence-electron chi connectivity index (χ2n) is 7.17. The first-order chi connectivity index (χ1) is 13.9. The van der Waals surface area contributed by atoms with Gasteiger partial charge in [0, 0.05) is 58.6 Å². The fourth-order valence-corrected chi connectivity index (χ4v) is 3.03. The molecular weight excluding hydrogens is 489 g/mol. The highest BCUT2D eigenvalue weighted by Gasteiger charge is 2.08. The first-order valence-electron chi connectivity index (χ1n) is 10.0. The van der Waals surface area contributed by atoms with E-state index in [9.17, 15) is 4.79 Å². The van der Waals surface area contributed by atoms with Gasteiger partial charge in [-0.25, -0.2) is 0 Å². The topological polar surface area (TPSA) is 60.0 Å². The Bertz CT molecular complexity index is 821. The molecule has 0 saturated carbocycles. The molecule has 30 heavy (non-hydrogen) atoms. The van der Waals surface area contributed by atoms with Crippen LogP contribution >= 0.6 is 24.0 Å². The maximum absolute atomic E-state index is 12.0. The molecule has 0 heterocycles. The molecule has 1 amide bonds. The van der Waals surface area contributed by atoms with Gasteiger partial charge in [-0.05, 0) is 49.2 Å². The Morgan fingerprint density at radius 1 is 1.07 bits per heavy atom. The summed E-state index contributed by atoms with van der Waals surface area (Å²) < 4.78 is 0. The van der Waals surface area contributed by atoms with Crippen LogP contribution in [0.5, 0.6) is 0 Å². The van der Waals surface area contributed by atoms with Gasteiger partial charge >= 0.3 is 0 Å². The van der Waals surface area contributed by atoms with Crippen molar-refractivity contribution in [1.29, 1.82) is 0 Å². The summed E-state index contributed by atoms with van der Waals surface area (Å²) in [5.41, 5.74) is 4.30. The van der Waals surface area contributed by atoms with E-state index < -0.39 is 0 Å². The van der Waals surface area contributed by atoms with Crippen molar-refractivity contribution in [1.82, 2.24) is 15.5 Å². The third-order valence-electron chi connectivity index (χ3n) is 4.71. The fraction of sp³-hybridized carbons (Fsp3) is 0.391. The number of aryl methyl sites for hydroxylation is 1. The average Bonchev–Trinajstić information content (AvgIpc) is 2.73. The highest BCUT2D eigenvalue weighted by Crippen LogP contribution is 2.15. The number of benzene rings is 2. The van der Waals surface area contributed by atoms with Crippen LogP contribution in [0.2, 0.25) is 0 Å². The van der Waals surface area contributed by atoms with Crippen LogP contribution < -0.4 is 15.5 Å². The predicted molar refractivity (Wildman–Crippen MR) is 137 cm³/mol. The lowest BCUT2D eigenvalue weighted by molar-refractivity contribution is 0.0827. The molecule has 0 saturated heterocycles. The van der Waals surface area contributed by atoms with Gasteiger partial charge in [-0.2, -0.15) is 0 Å². The zero-order valence-corrected chi connectivity index (χ0v) is 20.9. The van der Waals surface area contributed by atoms with Crippen LogP contribution in [-0.4, -0.2) is 57.5 Å². The number of amides is 1. The highest BCUT2D eigenvalue weighted by molar-refractivity contribution is 14.0. The van der Waals surface area contributed by atoms with Crippen LogP contribution in [0.3, 0.4) is 0 Å². The Morgan fingerprint density at radius 2 is 1.77 bits per heavy atom. The summed E-state index contributed by atoms with van der Waals surface area (Å²) in [6.07, 6.45) is 0. The monoisotopic (exact) mass is 523 g/mol. The lowest BCUT2D eigenvalue weighted by Gasteiger charge is -2.24. The average molecular weight is 523 g/mol. The number of anilines is 1. The lowest BCUT2D eigenvalue weighted by atomic mass is 10.1. The molecule has 7 heteroatoms. The molecule has 164 valence electrons. The number of guanidine groups is 1. The predicted octanol–water partition coefficient (Wildman–Crippen LogP) is 3.51. The fourth-order valence-electron chi connectivity index (χ4n) is 3.03. The van der Waals surface area contributed by atoms with Gasteiger partial charge in [-0.15, -0.1) is 24.0 Å². The molecule has 6 nitrogen and oxygen atoms in total. The number of aliphatic imine (C=N–C) groups is 1. The summed E-state index contributed by atoms with van der Waals surface area (Å²) in [5.74, 6) is 0.773. The molecule has 0 aliphatic carbocycles. The lowest BCUT2D eigenvalue weighted by Crippen LogP contribution is -2.41. The Hall–Kier alpha value is -2.29. The minimum Gasteiger partial charge on any atom is -0.370 e. The number of nitrogens with zero attached hydrogens (tertiary/aromatic N) is 3. The molecule has 2 aromatic rings. The standard InChI is InChI=1S/C23H33N5O.HI/c1-6-28(21-9-7-8-18(2)16-21)15-14-25-23(24-3)26-17-19-10-12-20(13-11-19)22(29)27(4)5;/h7-13,16H,6,14-15,17H2,1-5H3,(H2,24,25,26);1H. The quantitative estimate of drug-likeness (QED) is 0.316. The Kier molecular flexibility index (Phi) is 11.2. The summed E-state index contributed by atoms with van der Waals surface area (Å²) in [4.78, 5) is 20.2. The van der Waals surface area contributed by atoms with Crippen LogP contribution in [0.15, 0.2) is 53.5 Å². The molecule has 0 aliphatic heterocycles. The van der Waals surface area contributed by atoms with Crippen LogP contribution in [0.4, 0.5) is 5.69 Å². The molecule has 0 fully saturated rings. The Balaban J connectivity index is 0.00000450. The summed E-state index contributed by atoms with van der Waals surface area (Å²) in [5, 5.41) is 6.69. The van der Waals surface area contributed by atoms with E-state index in [0.717, 1.165) is 31.2 Å².